The number of rotatable bonds is 2. The molecule has 4 rings (SSSR count). The molecule has 0 amide bonds. The van der Waals surface area contributed by atoms with E-state index in [1.807, 2.05) is 30.5 Å². The summed E-state index contributed by atoms with van der Waals surface area (Å²) in [5.74, 6) is 0. The Balaban J connectivity index is 1.84. The van der Waals surface area contributed by atoms with Gasteiger partial charge in [0.05, 0.1) is 34.2 Å². The lowest BCUT2D eigenvalue weighted by molar-refractivity contribution is -0.344. The first-order valence-corrected chi connectivity index (χ1v) is 8.32. The number of aryl methyl sites for hydroxylation is 1. The van der Waals surface area contributed by atoms with Crippen LogP contribution in [-0.4, -0.2) is 23.1 Å². The van der Waals surface area contributed by atoms with Gasteiger partial charge in [-0.25, -0.2) is 9.97 Å². The van der Waals surface area contributed by atoms with E-state index in [0.29, 0.717) is 0 Å². The number of aromatic amines is 2. The molecular weight excluding hydrogens is 298 g/mol. The van der Waals surface area contributed by atoms with Crippen molar-refractivity contribution < 1.29 is 4.98 Å². The number of nitriles is 1. The number of pyridine rings is 2. The molecule has 0 radical (unpaired) electrons. The van der Waals surface area contributed by atoms with E-state index in [-0.39, 0.29) is 0 Å². The van der Waals surface area contributed by atoms with E-state index in [2.05, 4.69) is 34.3 Å². The number of hydrogen-bond donors (Lipinski definition) is 2. The third kappa shape index (κ3) is 2.27. The van der Waals surface area contributed by atoms with E-state index in [4.69, 9.17) is 4.98 Å². The van der Waals surface area contributed by atoms with Crippen LogP contribution in [0.3, 0.4) is 0 Å². The zero-order chi connectivity index (χ0) is 16.6. The largest absolute Gasteiger partial charge is 0.351 e. The Hall–Kier alpha value is -2.71. The van der Waals surface area contributed by atoms with E-state index in [1.54, 1.807) is 0 Å². The third-order valence-electron chi connectivity index (χ3n) is 4.98. The van der Waals surface area contributed by atoms with Gasteiger partial charge in [-0.05, 0) is 51.1 Å². The van der Waals surface area contributed by atoms with Crippen LogP contribution < -0.4 is 10.3 Å². The van der Waals surface area contributed by atoms with Crippen LogP contribution in [0.1, 0.15) is 24.2 Å². The summed E-state index contributed by atoms with van der Waals surface area (Å²) in [5.41, 5.74) is 4.47. The van der Waals surface area contributed by atoms with Gasteiger partial charge < -0.3 is 10.3 Å². The number of aromatic nitrogens is 3. The zero-order valence-corrected chi connectivity index (χ0v) is 13.7. The monoisotopic (exact) mass is 318 g/mol. The second-order valence-electron chi connectivity index (χ2n) is 6.44. The summed E-state index contributed by atoms with van der Waals surface area (Å²) in [7, 11) is 0. The first-order valence-electron chi connectivity index (χ1n) is 8.32. The van der Waals surface area contributed by atoms with Crippen LogP contribution in [0.5, 0.6) is 0 Å². The molecule has 5 nitrogen and oxygen atoms in total. The van der Waals surface area contributed by atoms with Crippen molar-refractivity contribution in [3.63, 3.8) is 0 Å². The average molecular weight is 318 g/mol. The molecule has 0 saturated carbocycles. The van der Waals surface area contributed by atoms with Gasteiger partial charge in [0.25, 0.3) is 0 Å². The van der Waals surface area contributed by atoms with Crippen LogP contribution in [0, 0.1) is 18.3 Å². The first-order chi connectivity index (χ1) is 11.7. The summed E-state index contributed by atoms with van der Waals surface area (Å²) >= 11 is 0. The van der Waals surface area contributed by atoms with Crippen LogP contribution in [0.15, 0.2) is 36.5 Å². The van der Waals surface area contributed by atoms with Crippen LogP contribution >= 0.6 is 0 Å². The van der Waals surface area contributed by atoms with Crippen molar-refractivity contribution in [2.75, 3.05) is 13.1 Å². The normalized spacial score (nSPS) is 16.8. The fourth-order valence-electron chi connectivity index (χ4n) is 3.59. The van der Waals surface area contributed by atoms with Crippen molar-refractivity contribution in [1.82, 2.24) is 15.3 Å². The molecule has 1 saturated heterocycles. The molecule has 5 heteroatoms. The molecule has 120 valence electrons. The fourth-order valence-corrected chi connectivity index (χ4v) is 3.59. The van der Waals surface area contributed by atoms with Crippen molar-refractivity contribution in [1.29, 1.82) is 5.26 Å². The number of nitrogens with zero attached hydrogens (tertiary/aromatic N) is 2. The highest BCUT2D eigenvalue weighted by atomic mass is 14.9. The predicted octanol–water partition coefficient (Wildman–Crippen LogP) is 2.50. The summed E-state index contributed by atoms with van der Waals surface area (Å²) in [5, 5.41) is 14.3. The summed E-state index contributed by atoms with van der Waals surface area (Å²) in [6.07, 6.45) is 3.53. The number of nitrogens with one attached hydrogen (secondary N) is 3. The maximum absolute atomic E-state index is 9.80. The smallest absolute Gasteiger partial charge is 0.232 e. The number of fused-ring (bicyclic) bond motifs is 1. The molecule has 0 spiro atoms. The highest BCUT2D eigenvalue weighted by molar-refractivity contribution is 5.92. The highest BCUT2D eigenvalue weighted by Crippen LogP contribution is 2.34. The SMILES string of the molecule is Cc1[nH]c(-c2cccc(C3(C#N)CCNCC3)n2)c2ccc[nH+]c12. The summed E-state index contributed by atoms with van der Waals surface area (Å²) in [4.78, 5) is 11.6. The fraction of sp³-hybridized carbons (Fsp3) is 0.316. The Morgan fingerprint density at radius 1 is 1.21 bits per heavy atom. The third-order valence-corrected chi connectivity index (χ3v) is 4.98. The van der Waals surface area contributed by atoms with E-state index >= 15 is 0 Å². The molecule has 3 aromatic rings. The molecular formula is C19H20N5+. The minimum Gasteiger partial charge on any atom is -0.351 e. The van der Waals surface area contributed by atoms with Crippen molar-refractivity contribution in [2.45, 2.75) is 25.2 Å². The van der Waals surface area contributed by atoms with E-state index in [1.165, 1.54) is 0 Å². The molecule has 24 heavy (non-hydrogen) atoms. The van der Waals surface area contributed by atoms with Gasteiger partial charge in [-0.2, -0.15) is 5.26 Å². The summed E-state index contributed by atoms with van der Waals surface area (Å²) < 4.78 is 0. The summed E-state index contributed by atoms with van der Waals surface area (Å²) in [6.45, 7) is 3.77. The van der Waals surface area contributed by atoms with Crippen LogP contribution in [0.25, 0.3) is 22.3 Å². The van der Waals surface area contributed by atoms with Gasteiger partial charge in [-0.1, -0.05) is 6.07 Å². The van der Waals surface area contributed by atoms with Gasteiger partial charge in [-0.15, -0.1) is 0 Å². The van der Waals surface area contributed by atoms with Crippen molar-refractivity contribution in [3.05, 3.63) is 47.9 Å². The molecule has 1 aliphatic rings. The topological polar surface area (TPSA) is 78.6 Å². The van der Waals surface area contributed by atoms with Gasteiger partial charge >= 0.3 is 0 Å². The second kappa shape index (κ2) is 5.73. The Labute approximate surface area is 140 Å². The predicted molar refractivity (Wildman–Crippen MR) is 92.2 cm³/mol. The Kier molecular flexibility index (Phi) is 3.55. The molecule has 0 aromatic carbocycles. The molecule has 3 aromatic heterocycles. The molecule has 3 N–H and O–H groups in total. The van der Waals surface area contributed by atoms with Gasteiger partial charge in [0.1, 0.15) is 5.41 Å². The van der Waals surface area contributed by atoms with Crippen molar-refractivity contribution in [2.24, 2.45) is 0 Å². The molecule has 4 heterocycles. The maximum atomic E-state index is 9.80. The molecule has 0 unspecified atom stereocenters. The molecule has 0 aliphatic carbocycles. The highest BCUT2D eigenvalue weighted by Gasteiger charge is 2.35. The number of hydrogen-bond acceptors (Lipinski definition) is 3. The van der Waals surface area contributed by atoms with E-state index in [9.17, 15) is 5.26 Å². The Morgan fingerprint density at radius 2 is 2.04 bits per heavy atom. The van der Waals surface area contributed by atoms with Gasteiger partial charge in [0, 0.05) is 6.07 Å². The molecule has 1 fully saturated rings. The van der Waals surface area contributed by atoms with E-state index in [0.717, 1.165) is 59.6 Å². The lowest BCUT2D eigenvalue weighted by atomic mass is 9.77. The van der Waals surface area contributed by atoms with Crippen LogP contribution in [0.2, 0.25) is 0 Å². The average Bonchev–Trinajstić information content (AvgIpc) is 3.00. The van der Waals surface area contributed by atoms with Gasteiger partial charge in [-0.3, -0.25) is 0 Å². The number of piperidine rings is 1. The summed E-state index contributed by atoms with van der Waals surface area (Å²) in [6, 6.07) is 12.6. The Morgan fingerprint density at radius 3 is 2.83 bits per heavy atom. The zero-order valence-electron chi connectivity index (χ0n) is 13.7. The molecule has 0 bridgehead atoms. The van der Waals surface area contributed by atoms with E-state index < -0.39 is 5.41 Å². The molecule has 1 aliphatic heterocycles. The quantitative estimate of drug-likeness (QED) is 0.762. The standard InChI is InChI=1S/C19H19N5/c1-13-17-14(4-3-9-22-17)18(23-13)15-5-2-6-16(24-15)19(12-20)7-10-21-11-8-19/h2-6,9,21,23H,7-8,10-11H2,1H3/p+1. The number of H-pyrrole nitrogens is 2. The lowest BCUT2D eigenvalue weighted by Crippen LogP contribution is -2.39. The maximum Gasteiger partial charge on any atom is 0.232 e. The second-order valence-corrected chi connectivity index (χ2v) is 6.44. The first kappa shape index (κ1) is 14.9. The van der Waals surface area contributed by atoms with Crippen molar-refractivity contribution >= 4 is 10.9 Å². The Bertz CT molecular complexity index is 928. The molecule has 0 atom stereocenters. The lowest BCUT2D eigenvalue weighted by Gasteiger charge is -2.30. The van der Waals surface area contributed by atoms with Gasteiger partial charge in [0.15, 0.2) is 6.20 Å². The van der Waals surface area contributed by atoms with Crippen molar-refractivity contribution in [3.8, 4) is 17.5 Å². The minimum atomic E-state index is -0.481. The van der Waals surface area contributed by atoms with Crippen LogP contribution in [-0.2, 0) is 5.41 Å². The van der Waals surface area contributed by atoms with Gasteiger partial charge in [0.2, 0.25) is 5.52 Å². The minimum absolute atomic E-state index is 0.481. The van der Waals surface area contributed by atoms with Crippen LogP contribution in [0.4, 0.5) is 0 Å².